The zero-order valence-electron chi connectivity index (χ0n) is 20.0. The van der Waals surface area contributed by atoms with E-state index in [1.54, 1.807) is 19.9 Å². The van der Waals surface area contributed by atoms with Gasteiger partial charge in [-0.3, -0.25) is 4.79 Å². The van der Waals surface area contributed by atoms with Crippen LogP contribution in [0.2, 0.25) is 0 Å². The Morgan fingerprint density at radius 1 is 1.00 bits per heavy atom. The van der Waals surface area contributed by atoms with Crippen LogP contribution in [0.1, 0.15) is 67.2 Å². The van der Waals surface area contributed by atoms with Gasteiger partial charge in [0.25, 0.3) is 0 Å². The van der Waals surface area contributed by atoms with E-state index in [4.69, 9.17) is 9.47 Å². The molecule has 0 aliphatic carbocycles. The van der Waals surface area contributed by atoms with E-state index in [-0.39, 0.29) is 5.78 Å². The number of benzene rings is 2. The number of hydrogen-bond donors (Lipinski definition) is 0. The highest BCUT2D eigenvalue weighted by Gasteiger charge is 2.35. The van der Waals surface area contributed by atoms with Gasteiger partial charge in [-0.05, 0) is 114 Å². The van der Waals surface area contributed by atoms with E-state index in [1.165, 1.54) is 10.5 Å². The number of ether oxygens (including phenoxy) is 2. The number of carbonyl (C=O) groups excluding carboxylic acids is 2. The molecule has 32 heavy (non-hydrogen) atoms. The molecule has 1 aliphatic rings. The third kappa shape index (κ3) is 5.83. The van der Waals surface area contributed by atoms with E-state index < -0.39 is 17.2 Å². The van der Waals surface area contributed by atoms with Gasteiger partial charge in [-0.15, -0.1) is 11.8 Å². The lowest BCUT2D eigenvalue weighted by atomic mass is 10.0. The average Bonchev–Trinajstić information content (AvgIpc) is 3.15. The fraction of sp³-hybridized carbons (Fsp3) is 0.407. The minimum Gasteiger partial charge on any atom is -0.476 e. The SMILES string of the molecule is Cc1cc(/C=C/C(=O)c2ccc3c(c2)CCS3)cc(C)c1OC(C)(C)C(=O)OC(C)(C)C. The third-order valence-corrected chi connectivity index (χ3v) is 6.25. The van der Waals surface area contributed by atoms with Crippen molar-refractivity contribution >= 4 is 29.6 Å². The molecule has 0 saturated heterocycles. The quantitative estimate of drug-likeness (QED) is 0.290. The summed E-state index contributed by atoms with van der Waals surface area (Å²) in [4.78, 5) is 26.5. The number of fused-ring (bicyclic) bond motifs is 1. The minimum atomic E-state index is -1.12. The second kappa shape index (κ2) is 9.14. The highest BCUT2D eigenvalue weighted by atomic mass is 32.2. The average molecular weight is 453 g/mol. The molecule has 0 spiro atoms. The maximum atomic E-state index is 12.7. The van der Waals surface area contributed by atoms with Crippen molar-refractivity contribution in [1.82, 2.24) is 0 Å². The molecule has 0 atom stereocenters. The molecule has 1 heterocycles. The molecular formula is C27H32O4S. The second-order valence-corrected chi connectivity index (χ2v) is 10.9. The van der Waals surface area contributed by atoms with Gasteiger partial charge in [-0.2, -0.15) is 0 Å². The fourth-order valence-electron chi connectivity index (χ4n) is 3.55. The summed E-state index contributed by atoms with van der Waals surface area (Å²) in [5.41, 5.74) is 2.96. The standard InChI is InChI=1S/C27H32O4S/c1-17-14-19(8-10-22(28)20-9-11-23-21(16-20)12-13-32-23)15-18(2)24(17)30-27(6,7)25(29)31-26(3,4)5/h8-11,14-16H,12-13H2,1-7H3/b10-8+. The molecule has 2 aromatic carbocycles. The molecule has 5 heteroatoms. The fourth-order valence-corrected chi connectivity index (χ4v) is 4.60. The third-order valence-electron chi connectivity index (χ3n) is 5.13. The Morgan fingerprint density at radius 2 is 1.66 bits per heavy atom. The predicted octanol–water partition coefficient (Wildman–Crippen LogP) is 6.35. The summed E-state index contributed by atoms with van der Waals surface area (Å²) in [5.74, 6) is 1.32. The molecule has 3 rings (SSSR count). The lowest BCUT2D eigenvalue weighted by Crippen LogP contribution is -2.43. The van der Waals surface area contributed by atoms with E-state index in [0.717, 1.165) is 34.4 Å². The van der Waals surface area contributed by atoms with Gasteiger partial charge in [0, 0.05) is 16.2 Å². The smallest absolute Gasteiger partial charge is 0.350 e. The molecule has 1 aliphatic heterocycles. The molecular weight excluding hydrogens is 420 g/mol. The van der Waals surface area contributed by atoms with Gasteiger partial charge in [0.15, 0.2) is 11.4 Å². The summed E-state index contributed by atoms with van der Waals surface area (Å²) in [7, 11) is 0. The van der Waals surface area contributed by atoms with Gasteiger partial charge >= 0.3 is 5.97 Å². The highest BCUT2D eigenvalue weighted by Crippen LogP contribution is 2.32. The molecule has 0 bridgehead atoms. The van der Waals surface area contributed by atoms with Crippen LogP contribution in [-0.4, -0.2) is 28.7 Å². The van der Waals surface area contributed by atoms with Crippen molar-refractivity contribution in [2.75, 3.05) is 5.75 Å². The van der Waals surface area contributed by atoms with Crippen LogP contribution in [0.25, 0.3) is 6.08 Å². The first-order chi connectivity index (χ1) is 14.9. The van der Waals surface area contributed by atoms with E-state index in [1.807, 2.05) is 82.8 Å². The molecule has 0 amide bonds. The number of esters is 1. The van der Waals surface area contributed by atoms with Crippen molar-refractivity contribution in [2.45, 2.75) is 71.0 Å². The van der Waals surface area contributed by atoms with Gasteiger partial charge in [-0.25, -0.2) is 4.79 Å². The highest BCUT2D eigenvalue weighted by molar-refractivity contribution is 7.99. The van der Waals surface area contributed by atoms with Crippen LogP contribution in [0.4, 0.5) is 0 Å². The molecule has 0 unspecified atom stereocenters. The predicted molar refractivity (Wildman–Crippen MR) is 131 cm³/mol. The van der Waals surface area contributed by atoms with Gasteiger partial charge < -0.3 is 9.47 Å². The Kier molecular flexibility index (Phi) is 6.89. The topological polar surface area (TPSA) is 52.6 Å². The first-order valence-corrected chi connectivity index (χ1v) is 11.9. The Morgan fingerprint density at radius 3 is 2.28 bits per heavy atom. The van der Waals surface area contributed by atoms with Crippen molar-refractivity contribution in [3.63, 3.8) is 0 Å². The summed E-state index contributed by atoms with van der Waals surface area (Å²) in [5, 5.41) is 0. The Hall–Kier alpha value is -2.53. The molecule has 170 valence electrons. The normalized spacial score (nSPS) is 13.8. The molecule has 0 fully saturated rings. The number of aryl methyl sites for hydroxylation is 3. The van der Waals surface area contributed by atoms with Crippen molar-refractivity contribution in [3.8, 4) is 5.75 Å². The number of ketones is 1. The zero-order valence-corrected chi connectivity index (χ0v) is 20.8. The van der Waals surface area contributed by atoms with Crippen LogP contribution in [0.5, 0.6) is 5.75 Å². The Bertz CT molecular complexity index is 1050. The van der Waals surface area contributed by atoms with E-state index in [0.29, 0.717) is 5.75 Å². The van der Waals surface area contributed by atoms with Crippen LogP contribution >= 0.6 is 11.8 Å². The monoisotopic (exact) mass is 452 g/mol. The van der Waals surface area contributed by atoms with Crippen LogP contribution in [0.3, 0.4) is 0 Å². The number of allylic oxidation sites excluding steroid dienone is 1. The number of thioether (sulfide) groups is 1. The molecule has 2 aromatic rings. The van der Waals surface area contributed by atoms with Crippen LogP contribution in [0, 0.1) is 13.8 Å². The van der Waals surface area contributed by atoms with Crippen molar-refractivity contribution in [1.29, 1.82) is 0 Å². The van der Waals surface area contributed by atoms with E-state index in [2.05, 4.69) is 0 Å². The number of rotatable bonds is 6. The van der Waals surface area contributed by atoms with Crippen LogP contribution in [0.15, 0.2) is 41.3 Å². The lowest BCUT2D eigenvalue weighted by Gasteiger charge is -2.30. The largest absolute Gasteiger partial charge is 0.476 e. The zero-order chi connectivity index (χ0) is 23.7. The van der Waals surface area contributed by atoms with Crippen molar-refractivity contribution in [2.24, 2.45) is 0 Å². The van der Waals surface area contributed by atoms with Gasteiger partial charge in [0.1, 0.15) is 11.4 Å². The summed E-state index contributed by atoms with van der Waals surface area (Å²) in [6, 6.07) is 9.86. The minimum absolute atomic E-state index is 0.00797. The Balaban J connectivity index is 1.75. The molecule has 0 radical (unpaired) electrons. The molecule has 0 N–H and O–H groups in total. The summed E-state index contributed by atoms with van der Waals surface area (Å²) in [6.07, 6.45) is 4.46. The first-order valence-electron chi connectivity index (χ1n) is 10.9. The van der Waals surface area contributed by atoms with Crippen LogP contribution < -0.4 is 4.74 Å². The van der Waals surface area contributed by atoms with Gasteiger partial charge in [0.05, 0.1) is 0 Å². The molecule has 0 aromatic heterocycles. The summed E-state index contributed by atoms with van der Waals surface area (Å²) in [6.45, 7) is 12.8. The van der Waals surface area contributed by atoms with Gasteiger partial charge in [-0.1, -0.05) is 6.08 Å². The van der Waals surface area contributed by atoms with E-state index in [9.17, 15) is 9.59 Å². The number of carbonyl (C=O) groups is 2. The maximum Gasteiger partial charge on any atom is 0.350 e. The maximum absolute atomic E-state index is 12.7. The summed E-state index contributed by atoms with van der Waals surface area (Å²) >= 11 is 1.84. The van der Waals surface area contributed by atoms with Crippen molar-refractivity contribution in [3.05, 3.63) is 64.2 Å². The lowest BCUT2D eigenvalue weighted by molar-refractivity contribution is -0.171. The number of hydrogen-bond acceptors (Lipinski definition) is 5. The molecule has 4 nitrogen and oxygen atoms in total. The Labute approximate surface area is 195 Å². The second-order valence-electron chi connectivity index (χ2n) is 9.72. The molecule has 0 saturated carbocycles. The van der Waals surface area contributed by atoms with Gasteiger partial charge in [0.2, 0.25) is 0 Å². The van der Waals surface area contributed by atoms with Crippen LogP contribution in [-0.2, 0) is 16.0 Å². The van der Waals surface area contributed by atoms with E-state index >= 15 is 0 Å². The first kappa shape index (κ1) is 24.1. The van der Waals surface area contributed by atoms with Crippen molar-refractivity contribution < 1.29 is 19.1 Å². The summed E-state index contributed by atoms with van der Waals surface area (Å²) < 4.78 is 11.6.